The minimum absolute atomic E-state index is 0.543. The Morgan fingerprint density at radius 3 is 2.17 bits per heavy atom. The van der Waals surface area contributed by atoms with Gasteiger partial charge in [0.05, 0.1) is 0 Å². The molecule has 0 saturated heterocycles. The molecule has 0 unspecified atom stereocenters. The van der Waals surface area contributed by atoms with E-state index >= 15 is 0 Å². The Hall–Kier alpha value is -1.51. The van der Waals surface area contributed by atoms with Gasteiger partial charge in [0.15, 0.2) is 0 Å². The minimum Gasteiger partial charge on any atom is -0.457 e. The van der Waals surface area contributed by atoms with Crippen LogP contribution in [0.4, 0.5) is 0 Å². The molecule has 0 saturated carbocycles. The summed E-state index contributed by atoms with van der Waals surface area (Å²) < 4.78 is 5.89. The third-order valence-electron chi connectivity index (χ3n) is 2.83. The van der Waals surface area contributed by atoms with E-state index < -0.39 is 0 Å². The van der Waals surface area contributed by atoms with E-state index in [0.29, 0.717) is 6.54 Å². The number of halogens is 1. The Morgan fingerprint density at radius 2 is 1.61 bits per heavy atom. The van der Waals surface area contributed by atoms with E-state index in [1.165, 1.54) is 0 Å². The Bertz CT molecular complexity index is 566. The number of ether oxygens (including phenoxy) is 1. The molecule has 0 radical (unpaired) electrons. The number of rotatable bonds is 3. The molecule has 0 atom stereocenters. The highest BCUT2D eigenvalue weighted by Crippen LogP contribution is 2.29. The topological polar surface area (TPSA) is 35.2 Å². The van der Waals surface area contributed by atoms with Gasteiger partial charge in [0.2, 0.25) is 0 Å². The van der Waals surface area contributed by atoms with Gasteiger partial charge in [-0.2, -0.15) is 0 Å². The fraction of sp³-hybridized carbons (Fsp3) is 0.200. The first-order chi connectivity index (χ1) is 8.60. The van der Waals surface area contributed by atoms with E-state index in [4.69, 9.17) is 22.1 Å². The van der Waals surface area contributed by atoms with Crippen molar-refractivity contribution >= 4 is 11.6 Å². The summed E-state index contributed by atoms with van der Waals surface area (Å²) in [6.45, 7) is 4.53. The number of benzene rings is 2. The fourth-order valence-electron chi connectivity index (χ4n) is 1.80. The molecule has 0 fully saturated rings. The Balaban J connectivity index is 2.28. The molecule has 2 N–H and O–H groups in total. The molecular weight excluding hydrogens is 246 g/mol. The molecule has 94 valence electrons. The molecule has 0 aliphatic carbocycles. The third-order valence-corrected chi connectivity index (χ3v) is 3.07. The maximum absolute atomic E-state index is 5.92. The van der Waals surface area contributed by atoms with Crippen LogP contribution in [0.1, 0.15) is 16.7 Å². The average Bonchev–Trinajstić information content (AvgIpc) is 2.34. The second kappa shape index (κ2) is 5.42. The van der Waals surface area contributed by atoms with Crippen LogP contribution in [0.15, 0.2) is 36.4 Å². The van der Waals surface area contributed by atoms with Crippen LogP contribution < -0.4 is 10.5 Å². The van der Waals surface area contributed by atoms with E-state index in [1.807, 2.05) is 50.2 Å². The predicted octanol–water partition coefficient (Wildman–Crippen LogP) is 4.21. The van der Waals surface area contributed by atoms with Crippen molar-refractivity contribution in [3.63, 3.8) is 0 Å². The van der Waals surface area contributed by atoms with Crippen molar-refractivity contribution in [3.05, 3.63) is 58.1 Å². The lowest BCUT2D eigenvalue weighted by Gasteiger charge is -2.12. The summed E-state index contributed by atoms with van der Waals surface area (Å²) >= 11 is 5.92. The van der Waals surface area contributed by atoms with Gasteiger partial charge in [0.1, 0.15) is 11.5 Å². The van der Waals surface area contributed by atoms with Gasteiger partial charge in [-0.3, -0.25) is 0 Å². The van der Waals surface area contributed by atoms with Gasteiger partial charge in [0, 0.05) is 11.6 Å². The van der Waals surface area contributed by atoms with Gasteiger partial charge in [-0.15, -0.1) is 0 Å². The summed E-state index contributed by atoms with van der Waals surface area (Å²) in [7, 11) is 0. The van der Waals surface area contributed by atoms with E-state index in [1.54, 1.807) is 0 Å². The zero-order chi connectivity index (χ0) is 13.1. The molecule has 2 rings (SSSR count). The van der Waals surface area contributed by atoms with Crippen LogP contribution in [-0.2, 0) is 6.54 Å². The fourth-order valence-corrected chi connectivity index (χ4v) is 2.03. The minimum atomic E-state index is 0.543. The molecule has 0 heterocycles. The van der Waals surface area contributed by atoms with Crippen LogP contribution in [-0.4, -0.2) is 0 Å². The van der Waals surface area contributed by atoms with Gasteiger partial charge in [-0.25, -0.2) is 0 Å². The normalized spacial score (nSPS) is 10.4. The highest BCUT2D eigenvalue weighted by Gasteiger charge is 2.05. The molecule has 3 heteroatoms. The first-order valence-corrected chi connectivity index (χ1v) is 6.21. The molecule has 0 spiro atoms. The quantitative estimate of drug-likeness (QED) is 0.898. The monoisotopic (exact) mass is 261 g/mol. The molecule has 0 aliphatic heterocycles. The molecule has 0 aromatic heterocycles. The van der Waals surface area contributed by atoms with Gasteiger partial charge >= 0.3 is 0 Å². The number of aryl methyl sites for hydroxylation is 2. The van der Waals surface area contributed by atoms with Gasteiger partial charge in [0.25, 0.3) is 0 Å². The highest BCUT2D eigenvalue weighted by molar-refractivity contribution is 6.30. The SMILES string of the molecule is Cc1cc(Cl)ccc1Oc1ccc(CN)cc1C. The van der Waals surface area contributed by atoms with Crippen molar-refractivity contribution in [2.45, 2.75) is 20.4 Å². The molecular formula is C15H16ClNO. The first kappa shape index (κ1) is 12.9. The van der Waals surface area contributed by atoms with Crippen molar-refractivity contribution in [1.29, 1.82) is 0 Å². The highest BCUT2D eigenvalue weighted by atomic mass is 35.5. The average molecular weight is 262 g/mol. The zero-order valence-corrected chi connectivity index (χ0v) is 11.3. The molecule has 0 bridgehead atoms. The summed E-state index contributed by atoms with van der Waals surface area (Å²) in [6, 6.07) is 11.6. The van der Waals surface area contributed by atoms with Crippen molar-refractivity contribution in [2.24, 2.45) is 5.73 Å². The van der Waals surface area contributed by atoms with E-state index in [0.717, 1.165) is 33.2 Å². The molecule has 18 heavy (non-hydrogen) atoms. The summed E-state index contributed by atoms with van der Waals surface area (Å²) in [6.07, 6.45) is 0. The van der Waals surface area contributed by atoms with Crippen LogP contribution in [0.25, 0.3) is 0 Å². The van der Waals surface area contributed by atoms with Gasteiger partial charge < -0.3 is 10.5 Å². The van der Waals surface area contributed by atoms with Gasteiger partial charge in [-0.05, 0) is 54.8 Å². The largest absolute Gasteiger partial charge is 0.457 e. The second-order valence-corrected chi connectivity index (χ2v) is 4.75. The lowest BCUT2D eigenvalue weighted by Crippen LogP contribution is -1.97. The zero-order valence-electron chi connectivity index (χ0n) is 10.5. The molecule has 2 nitrogen and oxygen atoms in total. The molecule has 0 aliphatic rings. The van der Waals surface area contributed by atoms with Crippen LogP contribution in [0, 0.1) is 13.8 Å². The smallest absolute Gasteiger partial charge is 0.130 e. The van der Waals surface area contributed by atoms with E-state index in [-0.39, 0.29) is 0 Å². The molecule has 2 aromatic rings. The van der Waals surface area contributed by atoms with Crippen LogP contribution in [0.2, 0.25) is 5.02 Å². The molecule has 2 aromatic carbocycles. The van der Waals surface area contributed by atoms with E-state index in [2.05, 4.69) is 0 Å². The van der Waals surface area contributed by atoms with Crippen molar-refractivity contribution in [2.75, 3.05) is 0 Å². The van der Waals surface area contributed by atoms with Crippen molar-refractivity contribution in [1.82, 2.24) is 0 Å². The second-order valence-electron chi connectivity index (χ2n) is 4.32. The summed E-state index contributed by atoms with van der Waals surface area (Å²) in [5.74, 6) is 1.67. The maximum atomic E-state index is 5.92. The van der Waals surface area contributed by atoms with Crippen LogP contribution in [0.3, 0.4) is 0 Å². The first-order valence-electron chi connectivity index (χ1n) is 5.84. The van der Waals surface area contributed by atoms with Crippen molar-refractivity contribution in [3.8, 4) is 11.5 Å². The Morgan fingerprint density at radius 1 is 1.00 bits per heavy atom. The lowest BCUT2D eigenvalue weighted by atomic mass is 10.1. The van der Waals surface area contributed by atoms with Crippen LogP contribution in [0.5, 0.6) is 11.5 Å². The summed E-state index contributed by atoms with van der Waals surface area (Å²) in [5, 5.41) is 0.718. The summed E-state index contributed by atoms with van der Waals surface area (Å²) in [5.41, 5.74) is 8.81. The summed E-state index contributed by atoms with van der Waals surface area (Å²) in [4.78, 5) is 0. The van der Waals surface area contributed by atoms with E-state index in [9.17, 15) is 0 Å². The van der Waals surface area contributed by atoms with Gasteiger partial charge in [-0.1, -0.05) is 23.7 Å². The third kappa shape index (κ3) is 2.84. The lowest BCUT2D eigenvalue weighted by molar-refractivity contribution is 0.475. The van der Waals surface area contributed by atoms with Crippen LogP contribution >= 0.6 is 11.6 Å². The number of hydrogen-bond acceptors (Lipinski definition) is 2. The maximum Gasteiger partial charge on any atom is 0.130 e. The number of nitrogens with two attached hydrogens (primary N) is 1. The Labute approximate surface area is 112 Å². The predicted molar refractivity (Wildman–Crippen MR) is 75.3 cm³/mol. The van der Waals surface area contributed by atoms with Crippen molar-refractivity contribution < 1.29 is 4.74 Å². The molecule has 0 amide bonds. The number of hydrogen-bond donors (Lipinski definition) is 1. The standard InChI is InChI=1S/C15H16ClNO/c1-10-7-12(9-17)3-5-14(10)18-15-6-4-13(16)8-11(15)2/h3-8H,9,17H2,1-2H3. The Kier molecular flexibility index (Phi) is 3.90.